The molecule has 0 bridgehead atoms. The topological polar surface area (TPSA) is 92.4 Å². The lowest BCUT2D eigenvalue weighted by Crippen LogP contribution is -2.49. The smallest absolute Gasteiger partial charge is 0.321 e. The van der Waals surface area contributed by atoms with Gasteiger partial charge in [0.15, 0.2) is 0 Å². The monoisotopic (exact) mass is 188 g/mol. The maximum absolute atomic E-state index is 10.6. The first kappa shape index (κ1) is 11.9. The maximum Gasteiger partial charge on any atom is 0.321 e. The highest BCUT2D eigenvalue weighted by Crippen LogP contribution is 2.03. The van der Waals surface area contributed by atoms with E-state index in [4.69, 9.17) is 10.8 Å². The van der Waals surface area contributed by atoms with Gasteiger partial charge in [-0.2, -0.15) is 0 Å². The number of carboxylic acids is 1. The molecule has 0 aliphatic rings. The first-order valence-corrected chi connectivity index (χ1v) is 4.01. The lowest BCUT2D eigenvalue weighted by molar-refractivity contribution is -0.141. The number of carbonyl (C=O) groups is 2. The van der Waals surface area contributed by atoms with E-state index in [0.29, 0.717) is 0 Å². The van der Waals surface area contributed by atoms with Crippen LogP contribution in [-0.4, -0.2) is 28.6 Å². The third-order valence-corrected chi connectivity index (χ3v) is 1.31. The third kappa shape index (κ3) is 6.10. The van der Waals surface area contributed by atoms with E-state index < -0.39 is 17.9 Å². The number of nitrogens with one attached hydrogen (secondary N) is 1. The molecule has 0 aromatic carbocycles. The standard InChI is InChI=1S/C8H16N2O3/c1-8(2,3)10-5(7(12)13)4-6(9)11/h5,10H,4H2,1-3H3,(H2,9,11)(H,12,13)/t5-/m0/s1. The van der Waals surface area contributed by atoms with Crippen LogP contribution in [0, 0.1) is 0 Å². The van der Waals surface area contributed by atoms with Gasteiger partial charge in [0.1, 0.15) is 6.04 Å². The summed E-state index contributed by atoms with van der Waals surface area (Å²) in [6.07, 6.45) is -0.188. The molecule has 0 radical (unpaired) electrons. The van der Waals surface area contributed by atoms with Crippen LogP contribution < -0.4 is 11.1 Å². The van der Waals surface area contributed by atoms with Gasteiger partial charge in [0.2, 0.25) is 5.91 Å². The lowest BCUT2D eigenvalue weighted by Gasteiger charge is -2.25. The van der Waals surface area contributed by atoms with Crippen LogP contribution in [-0.2, 0) is 9.59 Å². The average molecular weight is 188 g/mol. The van der Waals surface area contributed by atoms with Gasteiger partial charge in [-0.1, -0.05) is 0 Å². The van der Waals surface area contributed by atoms with Crippen LogP contribution in [0.3, 0.4) is 0 Å². The SMILES string of the molecule is CC(C)(C)N[C@@H](CC(N)=O)C(=O)O. The zero-order chi connectivity index (χ0) is 10.6. The zero-order valence-corrected chi connectivity index (χ0v) is 8.13. The second-order valence-electron chi connectivity index (χ2n) is 3.96. The Morgan fingerprint density at radius 1 is 1.46 bits per heavy atom. The van der Waals surface area contributed by atoms with E-state index in [0.717, 1.165) is 0 Å². The largest absolute Gasteiger partial charge is 0.480 e. The predicted octanol–water partition coefficient (Wildman–Crippen LogP) is -0.297. The second kappa shape index (κ2) is 4.23. The number of carbonyl (C=O) groups excluding carboxylic acids is 1. The van der Waals surface area contributed by atoms with Gasteiger partial charge in [-0.25, -0.2) is 0 Å². The van der Waals surface area contributed by atoms with Crippen LogP contribution in [0.15, 0.2) is 0 Å². The Kier molecular flexibility index (Phi) is 3.87. The average Bonchev–Trinajstić information content (AvgIpc) is 1.81. The van der Waals surface area contributed by atoms with Gasteiger partial charge in [0.05, 0.1) is 6.42 Å². The summed E-state index contributed by atoms with van der Waals surface area (Å²) in [4.78, 5) is 21.2. The van der Waals surface area contributed by atoms with Crippen LogP contribution in [0.1, 0.15) is 27.2 Å². The fraction of sp³-hybridized carbons (Fsp3) is 0.750. The van der Waals surface area contributed by atoms with Gasteiger partial charge in [-0.05, 0) is 20.8 Å². The van der Waals surface area contributed by atoms with Crippen molar-refractivity contribution in [2.45, 2.75) is 38.8 Å². The van der Waals surface area contributed by atoms with Gasteiger partial charge in [0.25, 0.3) is 0 Å². The fourth-order valence-corrected chi connectivity index (χ4v) is 0.924. The highest BCUT2D eigenvalue weighted by atomic mass is 16.4. The summed E-state index contributed by atoms with van der Waals surface area (Å²) in [6.45, 7) is 5.47. The molecule has 4 N–H and O–H groups in total. The van der Waals surface area contributed by atoms with Crippen LogP contribution in [0.2, 0.25) is 0 Å². The maximum atomic E-state index is 10.6. The Labute approximate surface area is 77.3 Å². The second-order valence-corrected chi connectivity index (χ2v) is 3.96. The van der Waals surface area contributed by atoms with Crippen molar-refractivity contribution in [2.75, 3.05) is 0 Å². The van der Waals surface area contributed by atoms with Crippen molar-refractivity contribution < 1.29 is 14.7 Å². The van der Waals surface area contributed by atoms with E-state index in [1.54, 1.807) is 0 Å². The molecule has 1 amide bonds. The van der Waals surface area contributed by atoms with Crippen molar-refractivity contribution in [2.24, 2.45) is 5.73 Å². The molecule has 76 valence electrons. The Balaban J connectivity index is 4.27. The minimum Gasteiger partial charge on any atom is -0.480 e. The molecule has 5 heteroatoms. The molecule has 0 unspecified atom stereocenters. The molecule has 0 saturated heterocycles. The lowest BCUT2D eigenvalue weighted by atomic mass is 10.1. The highest BCUT2D eigenvalue weighted by Gasteiger charge is 2.24. The number of aliphatic carboxylic acids is 1. The van der Waals surface area contributed by atoms with Crippen LogP contribution >= 0.6 is 0 Å². The number of hydrogen-bond donors (Lipinski definition) is 3. The molecule has 0 rings (SSSR count). The summed E-state index contributed by atoms with van der Waals surface area (Å²) in [5.41, 5.74) is 4.56. The van der Waals surface area contributed by atoms with E-state index in [1.165, 1.54) is 0 Å². The molecule has 0 aromatic heterocycles. The molecule has 5 nitrogen and oxygen atoms in total. The number of hydrogen-bond acceptors (Lipinski definition) is 3. The van der Waals surface area contributed by atoms with Crippen molar-refractivity contribution in [3.63, 3.8) is 0 Å². The Morgan fingerprint density at radius 2 is 1.92 bits per heavy atom. The molecule has 0 saturated carbocycles. The van der Waals surface area contributed by atoms with Gasteiger partial charge in [-0.15, -0.1) is 0 Å². The van der Waals surface area contributed by atoms with Crippen molar-refractivity contribution in [1.82, 2.24) is 5.32 Å². The third-order valence-electron chi connectivity index (χ3n) is 1.31. The molecule has 0 aromatic rings. The Hall–Kier alpha value is -1.10. The summed E-state index contributed by atoms with van der Waals surface area (Å²) in [6, 6.07) is -0.905. The first-order chi connectivity index (χ1) is 5.72. The highest BCUT2D eigenvalue weighted by molar-refractivity contribution is 5.83. The number of carboxylic acid groups (broad SMARTS) is 1. The quantitative estimate of drug-likeness (QED) is 0.565. The Bertz CT molecular complexity index is 208. The molecule has 1 atom stereocenters. The molecule has 0 fully saturated rings. The summed E-state index contributed by atoms with van der Waals surface area (Å²) in [5, 5.41) is 11.5. The molecule has 13 heavy (non-hydrogen) atoms. The first-order valence-electron chi connectivity index (χ1n) is 4.01. The number of nitrogens with two attached hydrogens (primary N) is 1. The van der Waals surface area contributed by atoms with Crippen LogP contribution in [0.5, 0.6) is 0 Å². The predicted molar refractivity (Wildman–Crippen MR) is 48.1 cm³/mol. The van der Waals surface area contributed by atoms with Crippen molar-refractivity contribution in [3.8, 4) is 0 Å². The van der Waals surface area contributed by atoms with E-state index in [-0.39, 0.29) is 12.0 Å². The van der Waals surface area contributed by atoms with Crippen molar-refractivity contribution in [1.29, 1.82) is 0 Å². The number of rotatable bonds is 4. The molecule has 0 spiro atoms. The minimum atomic E-state index is -1.06. The molecule has 0 aliphatic carbocycles. The molecule has 0 heterocycles. The van der Waals surface area contributed by atoms with Crippen LogP contribution in [0.25, 0.3) is 0 Å². The van der Waals surface area contributed by atoms with E-state index in [9.17, 15) is 9.59 Å². The summed E-state index contributed by atoms with van der Waals surface area (Å²) in [7, 11) is 0. The van der Waals surface area contributed by atoms with Gasteiger partial charge in [-0.3, -0.25) is 14.9 Å². The minimum absolute atomic E-state index is 0.188. The number of primary amides is 1. The van der Waals surface area contributed by atoms with Crippen molar-refractivity contribution in [3.05, 3.63) is 0 Å². The molecular formula is C8H16N2O3. The van der Waals surface area contributed by atoms with Gasteiger partial charge < -0.3 is 10.8 Å². The molecule has 0 aliphatic heterocycles. The summed E-state index contributed by atoms with van der Waals surface area (Å²) in [5.74, 6) is -1.68. The normalized spacial score (nSPS) is 13.8. The van der Waals surface area contributed by atoms with Crippen molar-refractivity contribution >= 4 is 11.9 Å². The zero-order valence-electron chi connectivity index (χ0n) is 8.13. The Morgan fingerprint density at radius 3 is 2.15 bits per heavy atom. The van der Waals surface area contributed by atoms with Gasteiger partial charge >= 0.3 is 5.97 Å². The van der Waals surface area contributed by atoms with E-state index in [2.05, 4.69) is 5.32 Å². The van der Waals surface area contributed by atoms with Crippen LogP contribution in [0.4, 0.5) is 0 Å². The summed E-state index contributed by atoms with van der Waals surface area (Å²) >= 11 is 0. The summed E-state index contributed by atoms with van der Waals surface area (Å²) < 4.78 is 0. The van der Waals surface area contributed by atoms with Gasteiger partial charge in [0, 0.05) is 5.54 Å². The number of amides is 1. The van der Waals surface area contributed by atoms with E-state index >= 15 is 0 Å². The fourth-order valence-electron chi connectivity index (χ4n) is 0.924. The van der Waals surface area contributed by atoms with E-state index in [1.807, 2.05) is 20.8 Å². The molecular weight excluding hydrogens is 172 g/mol.